The van der Waals surface area contributed by atoms with Gasteiger partial charge < -0.3 is 10.0 Å². The van der Waals surface area contributed by atoms with Gasteiger partial charge in [0.05, 0.1) is 6.10 Å². The molecule has 4 nitrogen and oxygen atoms in total. The van der Waals surface area contributed by atoms with Gasteiger partial charge in [0.15, 0.2) is 6.33 Å². The Balaban J connectivity index is 2.08. The molecule has 1 aromatic rings. The van der Waals surface area contributed by atoms with Crippen molar-refractivity contribution in [2.45, 2.75) is 18.9 Å². The van der Waals surface area contributed by atoms with Crippen LogP contribution >= 0.6 is 0 Å². The Kier molecular flexibility index (Phi) is 2.40. The fourth-order valence-corrected chi connectivity index (χ4v) is 1.59. The summed E-state index contributed by atoms with van der Waals surface area (Å²) >= 11 is 0. The van der Waals surface area contributed by atoms with E-state index < -0.39 is 0 Å². The van der Waals surface area contributed by atoms with Gasteiger partial charge in [0.2, 0.25) is 0 Å². The third kappa shape index (κ3) is 1.95. The molecular weight excluding hydrogens is 166 g/mol. The summed E-state index contributed by atoms with van der Waals surface area (Å²) in [7, 11) is 0. The summed E-state index contributed by atoms with van der Waals surface area (Å²) in [6.07, 6.45) is 5.91. The first kappa shape index (κ1) is 8.44. The number of anilines is 1. The Hall–Kier alpha value is -1.16. The van der Waals surface area contributed by atoms with Crippen LogP contribution in [0.15, 0.2) is 12.3 Å². The topological polar surface area (TPSA) is 49.2 Å². The molecule has 1 aliphatic rings. The summed E-state index contributed by atoms with van der Waals surface area (Å²) in [5.74, 6) is 0.855. The first-order valence-electron chi connectivity index (χ1n) is 4.48. The maximum absolute atomic E-state index is 9.45. The number of piperidine rings is 1. The van der Waals surface area contributed by atoms with Crippen molar-refractivity contribution in [3.63, 3.8) is 0 Å². The molecule has 1 fully saturated rings. The molecule has 0 bridgehead atoms. The number of aliphatic hydroxyl groups is 1. The summed E-state index contributed by atoms with van der Waals surface area (Å²) in [6.45, 7) is 1.63. The predicted octanol–water partition coefficient (Wildman–Crippen LogP) is 0.238. The average molecular weight is 178 g/mol. The summed E-state index contributed by atoms with van der Waals surface area (Å²) < 4.78 is 0. The molecule has 1 aromatic heterocycles. The fraction of sp³-hybridized carbons (Fsp3) is 0.556. The highest BCUT2D eigenvalue weighted by Gasteiger charge is 2.18. The maximum atomic E-state index is 9.45. The molecule has 69 valence electrons. The Labute approximate surface area is 77.2 Å². The van der Waals surface area contributed by atoms with Crippen LogP contribution in [0.4, 0.5) is 5.82 Å². The number of rotatable bonds is 1. The van der Waals surface area contributed by atoms with Crippen LogP contribution in [0, 0.1) is 6.33 Å². The van der Waals surface area contributed by atoms with Gasteiger partial charge in [0.1, 0.15) is 5.82 Å². The molecule has 1 unspecified atom stereocenters. The third-order valence-electron chi connectivity index (χ3n) is 2.24. The lowest BCUT2D eigenvalue weighted by Crippen LogP contribution is -2.38. The molecule has 4 heteroatoms. The Morgan fingerprint density at radius 3 is 3.23 bits per heavy atom. The van der Waals surface area contributed by atoms with E-state index in [0.717, 1.165) is 25.2 Å². The molecule has 1 atom stereocenters. The lowest BCUT2D eigenvalue weighted by Gasteiger charge is -2.30. The van der Waals surface area contributed by atoms with Crippen molar-refractivity contribution in [1.82, 2.24) is 9.97 Å². The molecule has 13 heavy (non-hydrogen) atoms. The molecular formula is C9H12N3O. The highest BCUT2D eigenvalue weighted by Crippen LogP contribution is 2.16. The Morgan fingerprint density at radius 2 is 2.54 bits per heavy atom. The van der Waals surface area contributed by atoms with E-state index in [1.807, 2.05) is 6.07 Å². The van der Waals surface area contributed by atoms with E-state index in [-0.39, 0.29) is 6.10 Å². The van der Waals surface area contributed by atoms with Gasteiger partial charge in [-0.3, -0.25) is 0 Å². The normalized spacial score (nSPS) is 23.2. The molecule has 0 spiro atoms. The van der Waals surface area contributed by atoms with Crippen LogP contribution in [0.3, 0.4) is 0 Å². The molecule has 0 saturated carbocycles. The SMILES string of the molecule is OC1CCCN(c2ccn[c]n2)C1. The Morgan fingerprint density at radius 1 is 1.62 bits per heavy atom. The van der Waals surface area contributed by atoms with Gasteiger partial charge in [-0.25, -0.2) is 9.97 Å². The van der Waals surface area contributed by atoms with Crippen molar-refractivity contribution in [2.24, 2.45) is 0 Å². The Bertz CT molecular complexity index is 265. The second kappa shape index (κ2) is 3.70. The van der Waals surface area contributed by atoms with E-state index >= 15 is 0 Å². The number of β-amino-alcohol motifs (C(OH)–C–C–N with tert-alkyl or cyclic N) is 1. The molecule has 0 aliphatic carbocycles. The van der Waals surface area contributed by atoms with Crippen molar-refractivity contribution < 1.29 is 5.11 Å². The number of hydrogen-bond donors (Lipinski definition) is 1. The van der Waals surface area contributed by atoms with E-state index in [4.69, 9.17) is 0 Å². The zero-order valence-corrected chi connectivity index (χ0v) is 7.35. The van der Waals surface area contributed by atoms with Crippen molar-refractivity contribution in [2.75, 3.05) is 18.0 Å². The number of aliphatic hydroxyl groups excluding tert-OH is 1. The number of aromatic nitrogens is 2. The van der Waals surface area contributed by atoms with Crippen LogP contribution in [0.1, 0.15) is 12.8 Å². The minimum atomic E-state index is -0.219. The van der Waals surface area contributed by atoms with Gasteiger partial charge in [-0.1, -0.05) is 0 Å². The van der Waals surface area contributed by atoms with Gasteiger partial charge >= 0.3 is 0 Å². The van der Waals surface area contributed by atoms with Gasteiger partial charge in [-0.2, -0.15) is 0 Å². The molecule has 1 radical (unpaired) electrons. The minimum Gasteiger partial charge on any atom is -0.391 e. The van der Waals surface area contributed by atoms with Gasteiger partial charge in [0, 0.05) is 19.3 Å². The lowest BCUT2D eigenvalue weighted by atomic mass is 10.1. The molecule has 2 heterocycles. The highest BCUT2D eigenvalue weighted by atomic mass is 16.3. The van der Waals surface area contributed by atoms with Gasteiger partial charge in [-0.15, -0.1) is 0 Å². The molecule has 1 aliphatic heterocycles. The zero-order valence-electron chi connectivity index (χ0n) is 7.35. The summed E-state index contributed by atoms with van der Waals surface area (Å²) in [4.78, 5) is 9.81. The zero-order chi connectivity index (χ0) is 9.10. The largest absolute Gasteiger partial charge is 0.391 e. The summed E-state index contributed by atoms with van der Waals surface area (Å²) in [5, 5.41) is 9.45. The van der Waals surface area contributed by atoms with Gasteiger partial charge in [-0.05, 0) is 18.9 Å². The van der Waals surface area contributed by atoms with Crippen LogP contribution in [0.25, 0.3) is 0 Å². The second-order valence-electron chi connectivity index (χ2n) is 3.26. The van der Waals surface area contributed by atoms with Crippen molar-refractivity contribution >= 4 is 5.82 Å². The molecule has 1 saturated heterocycles. The van der Waals surface area contributed by atoms with E-state index in [1.54, 1.807) is 6.20 Å². The van der Waals surface area contributed by atoms with E-state index in [9.17, 15) is 5.11 Å². The van der Waals surface area contributed by atoms with Crippen LogP contribution in [0.5, 0.6) is 0 Å². The molecule has 1 N–H and O–H groups in total. The first-order valence-corrected chi connectivity index (χ1v) is 4.48. The van der Waals surface area contributed by atoms with E-state index in [0.29, 0.717) is 6.54 Å². The average Bonchev–Trinajstić information content (AvgIpc) is 2.19. The second-order valence-corrected chi connectivity index (χ2v) is 3.26. The van der Waals surface area contributed by atoms with E-state index in [2.05, 4.69) is 21.2 Å². The van der Waals surface area contributed by atoms with E-state index in [1.165, 1.54) is 0 Å². The molecule has 0 amide bonds. The summed E-state index contributed by atoms with van der Waals surface area (Å²) in [6, 6.07) is 1.84. The quantitative estimate of drug-likeness (QED) is 0.669. The monoisotopic (exact) mass is 178 g/mol. The van der Waals surface area contributed by atoms with Crippen molar-refractivity contribution in [1.29, 1.82) is 0 Å². The maximum Gasteiger partial charge on any atom is 0.199 e. The minimum absolute atomic E-state index is 0.219. The van der Waals surface area contributed by atoms with Gasteiger partial charge in [0.25, 0.3) is 0 Å². The first-order chi connectivity index (χ1) is 6.36. The van der Waals surface area contributed by atoms with Crippen LogP contribution in [-0.2, 0) is 0 Å². The molecule has 0 aromatic carbocycles. The van der Waals surface area contributed by atoms with Crippen molar-refractivity contribution in [3.8, 4) is 0 Å². The standard InChI is InChI=1S/C9H12N3O/c13-8-2-1-5-12(6-8)9-3-4-10-7-11-9/h3-4,8,13H,1-2,5-6H2. The number of hydrogen-bond acceptors (Lipinski definition) is 4. The molecule has 2 rings (SSSR count). The summed E-state index contributed by atoms with van der Waals surface area (Å²) in [5.41, 5.74) is 0. The van der Waals surface area contributed by atoms with Crippen molar-refractivity contribution in [3.05, 3.63) is 18.6 Å². The third-order valence-corrected chi connectivity index (χ3v) is 2.24. The number of nitrogens with zero attached hydrogens (tertiary/aromatic N) is 3. The fourth-order valence-electron chi connectivity index (χ4n) is 1.59. The van der Waals surface area contributed by atoms with Crippen LogP contribution in [-0.4, -0.2) is 34.3 Å². The van der Waals surface area contributed by atoms with Crippen LogP contribution in [0.2, 0.25) is 0 Å². The lowest BCUT2D eigenvalue weighted by molar-refractivity contribution is 0.154. The van der Waals surface area contributed by atoms with Crippen LogP contribution < -0.4 is 4.90 Å². The smallest absolute Gasteiger partial charge is 0.199 e. The highest BCUT2D eigenvalue weighted by molar-refractivity contribution is 5.36. The predicted molar refractivity (Wildman–Crippen MR) is 48.3 cm³/mol.